The van der Waals surface area contributed by atoms with Gasteiger partial charge >= 0.3 is 0 Å². The molecule has 0 aromatic rings. The van der Waals surface area contributed by atoms with Gasteiger partial charge in [0, 0.05) is 25.7 Å². The Hall–Kier alpha value is 0.460. The van der Waals surface area contributed by atoms with Gasteiger partial charge in [0.1, 0.15) is 0 Å². The molecular formula is C10H22Cl2N2O. The second kappa shape index (κ2) is 7.69. The first-order valence-electron chi connectivity index (χ1n) is 5.46. The third-order valence-corrected chi connectivity index (χ3v) is 3.27. The van der Waals surface area contributed by atoms with Crippen LogP contribution in [-0.4, -0.2) is 43.3 Å². The molecule has 1 saturated heterocycles. The van der Waals surface area contributed by atoms with Gasteiger partial charge in [-0.25, -0.2) is 0 Å². The minimum absolute atomic E-state index is 0. The van der Waals surface area contributed by atoms with Crippen LogP contribution in [-0.2, 0) is 4.74 Å². The summed E-state index contributed by atoms with van der Waals surface area (Å²) in [5.74, 6) is 0. The smallest absolute Gasteiger partial charge is 0.0824 e. The van der Waals surface area contributed by atoms with Crippen molar-refractivity contribution in [3.05, 3.63) is 0 Å². The normalized spacial score (nSPS) is 28.2. The summed E-state index contributed by atoms with van der Waals surface area (Å²) in [6.45, 7) is 3.71. The second-order valence-electron chi connectivity index (χ2n) is 4.16. The average Bonchev–Trinajstić information content (AvgIpc) is 2.71. The summed E-state index contributed by atoms with van der Waals surface area (Å²) in [5.41, 5.74) is 5.61. The SMILES string of the molecule is Cl.Cl.NCC1CN(C2CCCC2)CCO1. The first-order chi connectivity index (χ1) is 6.40. The van der Waals surface area contributed by atoms with Crippen LogP contribution >= 0.6 is 24.8 Å². The van der Waals surface area contributed by atoms with E-state index in [-0.39, 0.29) is 30.9 Å². The van der Waals surface area contributed by atoms with E-state index >= 15 is 0 Å². The molecule has 1 heterocycles. The third kappa shape index (κ3) is 4.08. The Morgan fingerprint density at radius 2 is 1.87 bits per heavy atom. The fraction of sp³-hybridized carbons (Fsp3) is 1.00. The monoisotopic (exact) mass is 256 g/mol. The van der Waals surface area contributed by atoms with Crippen LogP contribution < -0.4 is 5.73 Å². The summed E-state index contributed by atoms with van der Waals surface area (Å²) in [6, 6.07) is 0.831. The maximum atomic E-state index is 5.61. The van der Waals surface area contributed by atoms with Crippen molar-refractivity contribution >= 4 is 24.8 Å². The van der Waals surface area contributed by atoms with Crippen molar-refractivity contribution in [2.24, 2.45) is 5.73 Å². The summed E-state index contributed by atoms with van der Waals surface area (Å²) in [5, 5.41) is 0. The number of hydrogen-bond donors (Lipinski definition) is 1. The van der Waals surface area contributed by atoms with Crippen LogP contribution in [0.4, 0.5) is 0 Å². The Kier molecular flexibility index (Phi) is 7.92. The largest absolute Gasteiger partial charge is 0.374 e. The van der Waals surface area contributed by atoms with E-state index in [0.29, 0.717) is 6.54 Å². The van der Waals surface area contributed by atoms with Gasteiger partial charge in [0.25, 0.3) is 0 Å². The highest BCUT2D eigenvalue weighted by atomic mass is 35.5. The van der Waals surface area contributed by atoms with Crippen LogP contribution in [0.3, 0.4) is 0 Å². The van der Waals surface area contributed by atoms with Crippen LogP contribution in [0.15, 0.2) is 0 Å². The maximum Gasteiger partial charge on any atom is 0.0824 e. The molecule has 1 unspecified atom stereocenters. The van der Waals surface area contributed by atoms with E-state index in [1.54, 1.807) is 0 Å². The summed E-state index contributed by atoms with van der Waals surface area (Å²) in [6.07, 6.45) is 5.88. The fourth-order valence-electron chi connectivity index (χ4n) is 2.49. The number of halogens is 2. The van der Waals surface area contributed by atoms with Crippen molar-refractivity contribution in [3.8, 4) is 0 Å². The minimum atomic E-state index is 0. The zero-order valence-electron chi connectivity index (χ0n) is 9.06. The predicted molar refractivity (Wildman–Crippen MR) is 67.1 cm³/mol. The fourth-order valence-corrected chi connectivity index (χ4v) is 2.49. The van der Waals surface area contributed by atoms with Gasteiger partial charge in [-0.15, -0.1) is 24.8 Å². The molecule has 0 spiro atoms. The summed E-state index contributed by atoms with van der Waals surface area (Å²) in [7, 11) is 0. The molecule has 15 heavy (non-hydrogen) atoms. The van der Waals surface area contributed by atoms with E-state index < -0.39 is 0 Å². The zero-order valence-corrected chi connectivity index (χ0v) is 10.7. The number of rotatable bonds is 2. The molecule has 2 fully saturated rings. The summed E-state index contributed by atoms with van der Waals surface area (Å²) < 4.78 is 5.55. The van der Waals surface area contributed by atoms with E-state index in [4.69, 9.17) is 10.5 Å². The Morgan fingerprint density at radius 1 is 1.20 bits per heavy atom. The lowest BCUT2D eigenvalue weighted by Gasteiger charge is -2.36. The number of nitrogens with zero attached hydrogens (tertiary/aromatic N) is 1. The molecule has 3 nitrogen and oxygen atoms in total. The lowest BCUT2D eigenvalue weighted by molar-refractivity contribution is -0.0374. The van der Waals surface area contributed by atoms with Crippen LogP contribution in [0.2, 0.25) is 0 Å². The lowest BCUT2D eigenvalue weighted by Crippen LogP contribution is -2.49. The molecule has 0 aromatic carbocycles. The zero-order chi connectivity index (χ0) is 9.10. The van der Waals surface area contributed by atoms with Crippen molar-refractivity contribution in [2.75, 3.05) is 26.2 Å². The molecule has 2 aliphatic rings. The van der Waals surface area contributed by atoms with Gasteiger partial charge in [-0.05, 0) is 12.8 Å². The van der Waals surface area contributed by atoms with Gasteiger partial charge in [-0.3, -0.25) is 4.90 Å². The molecule has 0 amide bonds. The molecule has 1 atom stereocenters. The first kappa shape index (κ1) is 15.5. The van der Waals surface area contributed by atoms with Crippen molar-refractivity contribution in [1.82, 2.24) is 4.90 Å². The molecule has 0 bridgehead atoms. The van der Waals surface area contributed by atoms with E-state index in [9.17, 15) is 0 Å². The molecule has 92 valence electrons. The first-order valence-corrected chi connectivity index (χ1v) is 5.46. The molecule has 1 saturated carbocycles. The van der Waals surface area contributed by atoms with E-state index in [1.807, 2.05) is 0 Å². The molecule has 1 aliphatic carbocycles. The molecule has 5 heteroatoms. The molecule has 2 N–H and O–H groups in total. The quantitative estimate of drug-likeness (QED) is 0.813. The standard InChI is InChI=1S/C10H20N2O.2ClH/c11-7-10-8-12(5-6-13-10)9-3-1-2-4-9;;/h9-10H,1-8,11H2;2*1H. The van der Waals surface area contributed by atoms with Gasteiger partial charge in [-0.1, -0.05) is 12.8 Å². The molecule has 1 aliphatic heterocycles. The molecular weight excluding hydrogens is 235 g/mol. The average molecular weight is 257 g/mol. The maximum absolute atomic E-state index is 5.61. The number of hydrogen-bond acceptors (Lipinski definition) is 3. The van der Waals surface area contributed by atoms with Crippen molar-refractivity contribution in [3.63, 3.8) is 0 Å². The van der Waals surface area contributed by atoms with E-state index in [0.717, 1.165) is 25.7 Å². The Morgan fingerprint density at radius 3 is 2.47 bits per heavy atom. The number of nitrogens with two attached hydrogens (primary N) is 1. The Bertz CT molecular complexity index is 166. The Labute approximate surface area is 105 Å². The topological polar surface area (TPSA) is 38.5 Å². The Balaban J connectivity index is 0.000000980. The van der Waals surface area contributed by atoms with Gasteiger partial charge in [-0.2, -0.15) is 0 Å². The third-order valence-electron chi connectivity index (χ3n) is 3.27. The van der Waals surface area contributed by atoms with Crippen molar-refractivity contribution < 1.29 is 4.74 Å². The lowest BCUT2D eigenvalue weighted by atomic mass is 10.1. The highest BCUT2D eigenvalue weighted by Gasteiger charge is 2.27. The predicted octanol–water partition coefficient (Wildman–Crippen LogP) is 1.43. The molecule has 0 aromatic heterocycles. The molecule has 2 rings (SSSR count). The van der Waals surface area contributed by atoms with E-state index in [2.05, 4.69) is 4.90 Å². The number of ether oxygens (including phenoxy) is 1. The van der Waals surface area contributed by atoms with E-state index in [1.165, 1.54) is 25.7 Å². The molecule has 0 radical (unpaired) electrons. The second-order valence-corrected chi connectivity index (χ2v) is 4.16. The van der Waals surface area contributed by atoms with Gasteiger partial charge in [0.2, 0.25) is 0 Å². The highest BCUT2D eigenvalue weighted by molar-refractivity contribution is 5.85. The van der Waals surface area contributed by atoms with Gasteiger partial charge in [0.15, 0.2) is 0 Å². The summed E-state index contributed by atoms with van der Waals surface area (Å²) >= 11 is 0. The highest BCUT2D eigenvalue weighted by Crippen LogP contribution is 2.24. The van der Waals surface area contributed by atoms with Crippen LogP contribution in [0.1, 0.15) is 25.7 Å². The van der Waals surface area contributed by atoms with Crippen LogP contribution in [0.25, 0.3) is 0 Å². The van der Waals surface area contributed by atoms with Crippen molar-refractivity contribution in [1.29, 1.82) is 0 Å². The number of morpholine rings is 1. The van der Waals surface area contributed by atoms with Crippen molar-refractivity contribution in [2.45, 2.75) is 37.8 Å². The summed E-state index contributed by atoms with van der Waals surface area (Å²) in [4.78, 5) is 2.58. The van der Waals surface area contributed by atoms with Crippen LogP contribution in [0.5, 0.6) is 0 Å². The van der Waals surface area contributed by atoms with Gasteiger partial charge < -0.3 is 10.5 Å². The van der Waals surface area contributed by atoms with Gasteiger partial charge in [0.05, 0.1) is 12.7 Å². The minimum Gasteiger partial charge on any atom is -0.374 e. The van der Waals surface area contributed by atoms with Crippen LogP contribution in [0, 0.1) is 0 Å².